The van der Waals surface area contributed by atoms with E-state index in [2.05, 4.69) is 99.5 Å². The molecule has 6 heterocycles. The lowest BCUT2D eigenvalue weighted by Crippen LogP contribution is -2.10. The molecule has 0 saturated carbocycles. The Bertz CT molecular complexity index is 4410. The Morgan fingerprint density at radius 3 is 0.656 bits per heavy atom. The predicted octanol–water partition coefficient (Wildman–Crippen LogP) is 20.2. The molecular weight excluding hydrogens is 1200 g/mol. The number of hydrogen-bond acceptors (Lipinski definition) is 9. The number of hydrogen-bond donors (Lipinski definition) is 0. The molecule has 18 heteroatoms. The topological polar surface area (TPSA) is 116 Å². The molecule has 0 N–H and O–H groups in total. The molecule has 0 aliphatic heterocycles. The minimum Gasteiger partial charge on any atom is -0.255 e. The zero-order valence-corrected chi connectivity index (χ0v) is 49.4. The predicted molar refractivity (Wildman–Crippen MR) is 341 cm³/mol. The average molecular weight is 1250 g/mol. The normalized spacial score (nSPS) is 11.9. The van der Waals surface area contributed by atoms with Crippen molar-refractivity contribution in [2.24, 2.45) is 0 Å². The van der Waals surface area contributed by atoms with Crippen molar-refractivity contribution in [1.29, 1.82) is 0 Å². The van der Waals surface area contributed by atoms with Gasteiger partial charge in [-0.3, -0.25) is 15.0 Å². The molecule has 0 saturated heterocycles. The van der Waals surface area contributed by atoms with Crippen molar-refractivity contribution in [3.05, 3.63) is 271 Å². The first-order valence-corrected chi connectivity index (χ1v) is 29.1. The maximum atomic E-state index is 13.6. The molecule has 0 bridgehead atoms. The van der Waals surface area contributed by atoms with Crippen molar-refractivity contribution < 1.29 is 39.5 Å². The average Bonchev–Trinajstić information content (AvgIpc) is 0.812. The van der Waals surface area contributed by atoms with Gasteiger partial charge in [-0.05, 0) is 160 Å². The van der Waals surface area contributed by atoms with Gasteiger partial charge in [-0.15, -0.1) is 0 Å². The van der Waals surface area contributed by atoms with Crippen LogP contribution in [0.3, 0.4) is 0 Å². The SMILES string of the molecule is Cc1cc(C(F)(F)F)nc(-c2ccc(-c3ccc(-c4ccccc4-c4cc(-c5ccccc5-c5ccc(-c6ccc(-c7nc(C)cc(C(F)(F)F)n7)cn6)cc5)cc(-c5ccccc5-c5ccc(-c6ccc(-c7nc(C)cc(C(F)(F)F)n7)cn6)cc5)c4)cc3)nc2)n1. The first-order chi connectivity index (χ1) is 44.6. The summed E-state index contributed by atoms with van der Waals surface area (Å²) in [7, 11) is 0. The number of rotatable bonds is 12. The van der Waals surface area contributed by atoms with Crippen molar-refractivity contribution in [1.82, 2.24) is 44.9 Å². The molecular formula is C75H48F9N9. The second-order valence-electron chi connectivity index (χ2n) is 22.1. The van der Waals surface area contributed by atoms with Crippen LogP contribution in [0.2, 0.25) is 0 Å². The summed E-state index contributed by atoms with van der Waals surface area (Å²) in [6.07, 6.45) is -9.50. The lowest BCUT2D eigenvalue weighted by Gasteiger charge is -2.18. The Morgan fingerprint density at radius 1 is 0.226 bits per heavy atom. The molecule has 0 atom stereocenters. The van der Waals surface area contributed by atoms with Gasteiger partial charge in [0.2, 0.25) is 0 Å². The summed E-state index contributed by atoms with van der Waals surface area (Å²) in [6.45, 7) is 4.46. The van der Waals surface area contributed by atoms with Crippen LogP contribution in [0, 0.1) is 20.8 Å². The van der Waals surface area contributed by atoms with Crippen LogP contribution in [0.1, 0.15) is 34.2 Å². The van der Waals surface area contributed by atoms with Crippen LogP contribution in [0.5, 0.6) is 0 Å². The molecule has 0 radical (unpaired) electrons. The van der Waals surface area contributed by atoms with Gasteiger partial charge in [0, 0.05) is 69.1 Å². The maximum absolute atomic E-state index is 13.6. The van der Waals surface area contributed by atoms with E-state index in [1.165, 1.54) is 39.4 Å². The molecule has 93 heavy (non-hydrogen) atoms. The van der Waals surface area contributed by atoms with E-state index in [9.17, 15) is 39.5 Å². The molecule has 456 valence electrons. The number of alkyl halides is 9. The lowest BCUT2D eigenvalue weighted by atomic mass is 9.86. The van der Waals surface area contributed by atoms with Gasteiger partial charge < -0.3 is 0 Å². The number of aromatic nitrogens is 9. The molecule has 13 aromatic rings. The van der Waals surface area contributed by atoms with Gasteiger partial charge in [0.25, 0.3) is 0 Å². The summed E-state index contributed by atoms with van der Waals surface area (Å²) < 4.78 is 123. The Labute approximate surface area is 527 Å². The van der Waals surface area contributed by atoms with Crippen LogP contribution in [0.15, 0.2) is 237 Å². The highest BCUT2D eigenvalue weighted by Crippen LogP contribution is 2.44. The zero-order valence-electron chi connectivity index (χ0n) is 49.4. The number of aryl methyl sites for hydroxylation is 3. The largest absolute Gasteiger partial charge is 0.433 e. The van der Waals surface area contributed by atoms with Gasteiger partial charge in [-0.2, -0.15) is 39.5 Å². The van der Waals surface area contributed by atoms with Gasteiger partial charge in [0.1, 0.15) is 17.1 Å². The smallest absolute Gasteiger partial charge is 0.255 e. The van der Waals surface area contributed by atoms with E-state index in [0.717, 1.165) is 102 Å². The van der Waals surface area contributed by atoms with Crippen molar-refractivity contribution in [2.75, 3.05) is 0 Å². The maximum Gasteiger partial charge on any atom is 0.433 e. The van der Waals surface area contributed by atoms with Crippen molar-refractivity contribution >= 4 is 0 Å². The summed E-state index contributed by atoms with van der Waals surface area (Å²) in [6, 6.07) is 67.6. The van der Waals surface area contributed by atoms with Gasteiger partial charge in [0.15, 0.2) is 17.5 Å². The van der Waals surface area contributed by atoms with Crippen molar-refractivity contribution in [3.63, 3.8) is 0 Å². The molecule has 0 unspecified atom stereocenters. The third kappa shape index (κ3) is 13.0. The molecule has 0 spiro atoms. The highest BCUT2D eigenvalue weighted by Gasteiger charge is 2.35. The molecule has 13 rings (SSSR count). The highest BCUT2D eigenvalue weighted by atomic mass is 19.4. The minimum atomic E-state index is -4.63. The lowest BCUT2D eigenvalue weighted by molar-refractivity contribution is -0.142. The summed E-state index contributed by atoms with van der Waals surface area (Å²) >= 11 is 0. The third-order valence-corrected chi connectivity index (χ3v) is 15.6. The second kappa shape index (κ2) is 24.4. The van der Waals surface area contributed by atoms with Crippen LogP contribution < -0.4 is 0 Å². The Hall–Kier alpha value is -11.4. The highest BCUT2D eigenvalue weighted by molar-refractivity contribution is 5.94. The summed E-state index contributed by atoms with van der Waals surface area (Å²) in [5.74, 6) is -0.219. The number of pyridine rings is 3. The van der Waals surface area contributed by atoms with Gasteiger partial charge in [-0.1, -0.05) is 146 Å². The zero-order chi connectivity index (χ0) is 64.8. The van der Waals surface area contributed by atoms with Crippen LogP contribution in [0.25, 0.3) is 135 Å². The third-order valence-electron chi connectivity index (χ3n) is 15.6. The summed E-state index contributed by atoms with van der Waals surface area (Å²) in [4.78, 5) is 37.8. The van der Waals surface area contributed by atoms with E-state index in [-0.39, 0.29) is 34.6 Å². The van der Waals surface area contributed by atoms with Crippen LogP contribution in [-0.4, -0.2) is 44.9 Å². The van der Waals surface area contributed by atoms with Crippen LogP contribution in [0.4, 0.5) is 39.5 Å². The molecule has 0 aliphatic rings. The Morgan fingerprint density at radius 2 is 0.441 bits per heavy atom. The quantitative estimate of drug-likeness (QED) is 0.110. The fourth-order valence-corrected chi connectivity index (χ4v) is 11.1. The molecule has 6 aromatic heterocycles. The molecule has 0 fully saturated rings. The van der Waals surface area contributed by atoms with Gasteiger partial charge in [-0.25, -0.2) is 29.9 Å². The van der Waals surface area contributed by atoms with Crippen molar-refractivity contribution in [3.8, 4) is 135 Å². The second-order valence-corrected chi connectivity index (χ2v) is 22.1. The summed E-state index contributed by atoms with van der Waals surface area (Å²) in [5.41, 5.74) is 13.8. The minimum absolute atomic E-state index is 0.0729. The standard InChI is InChI=1S/C75H48F9N9/c1-43-34-67(73(76,77)78)91-70(88-43)52-28-31-64(85-40-52)49-22-16-46(17-23-49)58-10-4-7-13-61(58)55-37-56(62-14-8-5-11-59(62)47-18-24-50(25-19-47)65-32-29-53(41-86-65)71-89-44(2)35-68(92-71)74(79,80)81)39-57(38-55)63-15-9-6-12-60(63)48-20-26-51(27-21-48)66-33-30-54(42-87-66)72-90-45(3)36-69(93-72)75(82,83)84/h4-42H,1-3H3. The van der Waals surface area contributed by atoms with E-state index in [4.69, 9.17) is 0 Å². The molecule has 9 nitrogen and oxygen atoms in total. The molecule has 0 aliphatic carbocycles. The van der Waals surface area contributed by atoms with E-state index in [0.29, 0.717) is 33.8 Å². The number of nitrogens with zero attached hydrogens (tertiary/aromatic N) is 9. The molecule has 0 amide bonds. The van der Waals surface area contributed by atoms with E-state index < -0.39 is 35.6 Å². The van der Waals surface area contributed by atoms with Gasteiger partial charge >= 0.3 is 18.5 Å². The number of benzene rings is 7. The fourth-order valence-electron chi connectivity index (χ4n) is 11.1. The van der Waals surface area contributed by atoms with E-state index in [1.807, 2.05) is 109 Å². The van der Waals surface area contributed by atoms with Crippen LogP contribution >= 0.6 is 0 Å². The van der Waals surface area contributed by atoms with E-state index in [1.54, 1.807) is 36.4 Å². The monoisotopic (exact) mass is 1250 g/mol. The summed E-state index contributed by atoms with van der Waals surface area (Å²) in [5, 5.41) is 0. The van der Waals surface area contributed by atoms with Gasteiger partial charge in [0.05, 0.1) is 17.1 Å². The van der Waals surface area contributed by atoms with E-state index >= 15 is 0 Å². The molecule has 7 aromatic carbocycles. The first kappa shape index (κ1) is 60.5. The number of halogens is 9. The Kier molecular flexibility index (Phi) is 15.9. The Balaban J connectivity index is 0.854. The van der Waals surface area contributed by atoms with Crippen molar-refractivity contribution in [2.45, 2.75) is 39.3 Å². The fraction of sp³-hybridized carbons (Fsp3) is 0.0800. The van der Waals surface area contributed by atoms with Crippen LogP contribution in [-0.2, 0) is 18.5 Å². The first-order valence-electron chi connectivity index (χ1n) is 29.1.